The maximum atomic E-state index is 13.4. The van der Waals surface area contributed by atoms with Crippen LogP contribution in [-0.4, -0.2) is 36.5 Å². The molecule has 174 valence electrons. The standard InChI is InChI=1S/C25H21ClN2O4S2/c1-27-13-21-19-4-2-3-5-20(19)25(30)28(22(21)14-27)17-8-6-16(7-9-17)12-18(29)15-34(31,32)24-11-10-23(26)33-24/h2-11H,12-15H2,1H3. The lowest BCUT2D eigenvalue weighted by Gasteiger charge is -2.15. The van der Waals surface area contributed by atoms with Gasteiger partial charge in [-0.2, -0.15) is 0 Å². The average Bonchev–Trinajstić information content (AvgIpc) is 3.41. The van der Waals surface area contributed by atoms with Crippen molar-refractivity contribution < 1.29 is 13.2 Å². The number of hydrogen-bond donors (Lipinski definition) is 0. The average molecular weight is 513 g/mol. The number of nitrogens with zero attached hydrogens (tertiary/aromatic N) is 2. The molecule has 0 fully saturated rings. The van der Waals surface area contributed by atoms with Gasteiger partial charge in [-0.05, 0) is 53.9 Å². The van der Waals surface area contributed by atoms with Gasteiger partial charge in [-0.25, -0.2) is 8.42 Å². The van der Waals surface area contributed by atoms with Crippen molar-refractivity contribution in [1.29, 1.82) is 0 Å². The fourth-order valence-corrected chi connectivity index (χ4v) is 7.26. The van der Waals surface area contributed by atoms with Gasteiger partial charge in [0.05, 0.1) is 4.34 Å². The van der Waals surface area contributed by atoms with Crippen LogP contribution in [0.1, 0.15) is 16.8 Å². The fourth-order valence-electron chi connectivity index (χ4n) is 4.45. The van der Waals surface area contributed by atoms with Crippen molar-refractivity contribution in [3.63, 3.8) is 0 Å². The van der Waals surface area contributed by atoms with Crippen molar-refractivity contribution in [2.24, 2.45) is 0 Å². The lowest BCUT2D eigenvalue weighted by Crippen LogP contribution is -2.23. The van der Waals surface area contributed by atoms with Gasteiger partial charge in [0.2, 0.25) is 0 Å². The normalized spacial score (nSPS) is 13.9. The largest absolute Gasteiger partial charge is 0.298 e. The quantitative estimate of drug-likeness (QED) is 0.386. The Labute approximate surface area is 205 Å². The Morgan fingerprint density at radius 3 is 2.38 bits per heavy atom. The summed E-state index contributed by atoms with van der Waals surface area (Å²) in [6.45, 7) is 1.44. The summed E-state index contributed by atoms with van der Waals surface area (Å²) in [4.78, 5) is 28.0. The number of Topliss-reactive ketones (excluding diaryl/α,β-unsaturated/α-hetero) is 1. The number of aromatic nitrogens is 1. The highest BCUT2D eigenvalue weighted by Gasteiger charge is 2.25. The van der Waals surface area contributed by atoms with E-state index in [1.165, 1.54) is 12.1 Å². The van der Waals surface area contributed by atoms with Gasteiger partial charge in [0, 0.05) is 36.3 Å². The minimum atomic E-state index is -3.71. The van der Waals surface area contributed by atoms with E-state index in [0.29, 0.717) is 21.8 Å². The van der Waals surface area contributed by atoms with Crippen LogP contribution < -0.4 is 5.56 Å². The summed E-state index contributed by atoms with van der Waals surface area (Å²) >= 11 is 6.77. The molecule has 0 N–H and O–H groups in total. The van der Waals surface area contributed by atoms with Crippen molar-refractivity contribution in [2.45, 2.75) is 23.7 Å². The lowest BCUT2D eigenvalue weighted by atomic mass is 10.0. The third-order valence-corrected chi connectivity index (χ3v) is 9.44. The number of thiophene rings is 1. The van der Waals surface area contributed by atoms with Crippen molar-refractivity contribution in [2.75, 3.05) is 12.8 Å². The molecular formula is C25H21ClN2O4S2. The van der Waals surface area contributed by atoms with Gasteiger partial charge in [0.15, 0.2) is 15.6 Å². The van der Waals surface area contributed by atoms with Gasteiger partial charge in [0.25, 0.3) is 5.56 Å². The highest BCUT2D eigenvalue weighted by Crippen LogP contribution is 2.29. The number of fused-ring (bicyclic) bond motifs is 3. The molecule has 0 radical (unpaired) electrons. The molecule has 1 aliphatic heterocycles. The molecule has 0 spiro atoms. The topological polar surface area (TPSA) is 76.5 Å². The van der Waals surface area contributed by atoms with Gasteiger partial charge in [-0.1, -0.05) is 41.9 Å². The monoisotopic (exact) mass is 512 g/mol. The number of halogens is 1. The Morgan fingerprint density at radius 2 is 1.71 bits per heavy atom. The van der Waals surface area contributed by atoms with Crippen molar-refractivity contribution in [1.82, 2.24) is 9.47 Å². The van der Waals surface area contributed by atoms with Crippen molar-refractivity contribution in [3.05, 3.63) is 92.2 Å². The molecule has 0 saturated heterocycles. The molecule has 0 saturated carbocycles. The number of sulfone groups is 1. The van der Waals surface area contributed by atoms with Gasteiger partial charge in [-0.3, -0.25) is 19.1 Å². The van der Waals surface area contributed by atoms with Crippen molar-refractivity contribution >= 4 is 49.3 Å². The number of pyridine rings is 1. The number of carbonyl (C=O) groups excluding carboxylic acids is 1. The van der Waals surface area contributed by atoms with E-state index in [4.69, 9.17) is 11.6 Å². The van der Waals surface area contributed by atoms with Crippen LogP contribution in [0.15, 0.2) is 69.7 Å². The first-order chi connectivity index (χ1) is 16.2. The molecule has 0 aliphatic carbocycles. The molecule has 2 aromatic heterocycles. The Kier molecular flexibility index (Phi) is 5.93. The van der Waals surface area contributed by atoms with Crippen LogP contribution in [0, 0.1) is 0 Å². The molecule has 9 heteroatoms. The van der Waals surface area contributed by atoms with E-state index in [1.54, 1.807) is 16.7 Å². The van der Waals surface area contributed by atoms with Gasteiger partial charge < -0.3 is 0 Å². The Balaban J connectivity index is 1.42. The minimum absolute atomic E-state index is 0.00786. The molecule has 0 bridgehead atoms. The van der Waals surface area contributed by atoms with Crippen LogP contribution in [0.25, 0.3) is 16.5 Å². The molecule has 0 amide bonds. The van der Waals surface area contributed by atoms with E-state index in [-0.39, 0.29) is 16.2 Å². The van der Waals surface area contributed by atoms with Crippen LogP contribution in [0.4, 0.5) is 0 Å². The number of benzene rings is 2. The summed E-state index contributed by atoms with van der Waals surface area (Å²) < 4.78 is 27.1. The summed E-state index contributed by atoms with van der Waals surface area (Å²) in [6, 6.07) is 17.7. The summed E-state index contributed by atoms with van der Waals surface area (Å²) in [5.41, 5.74) is 3.45. The SMILES string of the molecule is CN1Cc2c(n(-c3ccc(CC(=O)CS(=O)(=O)c4ccc(Cl)s4)cc3)c(=O)c3ccccc23)C1. The molecule has 5 rings (SSSR count). The first-order valence-corrected chi connectivity index (χ1v) is 13.5. The summed E-state index contributed by atoms with van der Waals surface area (Å²) in [5.74, 6) is -0.974. The van der Waals surface area contributed by atoms with Gasteiger partial charge in [0.1, 0.15) is 9.96 Å². The molecule has 0 unspecified atom stereocenters. The van der Waals surface area contributed by atoms with E-state index in [2.05, 4.69) is 4.90 Å². The number of hydrogen-bond acceptors (Lipinski definition) is 6. The predicted molar refractivity (Wildman–Crippen MR) is 135 cm³/mol. The summed E-state index contributed by atoms with van der Waals surface area (Å²) in [5, 5.41) is 1.66. The van der Waals surface area contributed by atoms with Crippen LogP contribution in [-0.2, 0) is 34.1 Å². The second kappa shape index (κ2) is 8.78. The lowest BCUT2D eigenvalue weighted by molar-refractivity contribution is -0.116. The molecule has 6 nitrogen and oxygen atoms in total. The van der Waals surface area contributed by atoms with Crippen LogP contribution in [0.5, 0.6) is 0 Å². The first kappa shape index (κ1) is 23.0. The number of carbonyl (C=O) groups is 1. The van der Waals surface area contributed by atoms with Crippen LogP contribution in [0.2, 0.25) is 4.34 Å². The zero-order valence-corrected chi connectivity index (χ0v) is 20.7. The summed E-state index contributed by atoms with van der Waals surface area (Å²) in [6.07, 6.45) is -0.00786. The minimum Gasteiger partial charge on any atom is -0.298 e. The first-order valence-electron chi connectivity index (χ1n) is 10.7. The van der Waals surface area contributed by atoms with E-state index in [0.717, 1.165) is 40.2 Å². The molecule has 4 aromatic rings. The maximum absolute atomic E-state index is 13.4. The second-order valence-electron chi connectivity index (χ2n) is 8.48. The van der Waals surface area contributed by atoms with E-state index in [1.807, 2.05) is 43.4 Å². The van der Waals surface area contributed by atoms with E-state index >= 15 is 0 Å². The molecule has 0 atom stereocenters. The van der Waals surface area contributed by atoms with Gasteiger partial charge in [-0.15, -0.1) is 11.3 Å². The van der Waals surface area contributed by atoms with E-state index in [9.17, 15) is 18.0 Å². The van der Waals surface area contributed by atoms with Crippen molar-refractivity contribution in [3.8, 4) is 5.69 Å². The highest BCUT2D eigenvalue weighted by atomic mass is 35.5. The Morgan fingerprint density at radius 1 is 1.00 bits per heavy atom. The highest BCUT2D eigenvalue weighted by molar-refractivity contribution is 7.94. The zero-order valence-electron chi connectivity index (χ0n) is 18.3. The van der Waals surface area contributed by atoms with E-state index < -0.39 is 21.4 Å². The number of rotatable bonds is 6. The van der Waals surface area contributed by atoms with Crippen LogP contribution >= 0.6 is 22.9 Å². The fraction of sp³-hybridized carbons (Fsp3) is 0.200. The zero-order chi connectivity index (χ0) is 24.0. The molecule has 2 aromatic carbocycles. The second-order valence-corrected chi connectivity index (χ2v) is 12.4. The summed E-state index contributed by atoms with van der Waals surface area (Å²) in [7, 11) is -1.69. The molecule has 3 heterocycles. The number of ketones is 1. The maximum Gasteiger partial charge on any atom is 0.263 e. The van der Waals surface area contributed by atoms with Crippen LogP contribution in [0.3, 0.4) is 0 Å². The molecular weight excluding hydrogens is 492 g/mol. The Hall–Kier alpha value is -2.78. The predicted octanol–water partition coefficient (Wildman–Crippen LogP) is 4.24. The Bertz CT molecular complexity index is 1590. The third-order valence-electron chi connectivity index (χ3n) is 5.95. The third kappa shape index (κ3) is 4.22. The molecule has 1 aliphatic rings. The molecule has 34 heavy (non-hydrogen) atoms. The van der Waals surface area contributed by atoms with Gasteiger partial charge >= 0.3 is 0 Å². The smallest absolute Gasteiger partial charge is 0.263 e.